The van der Waals surface area contributed by atoms with E-state index in [0.29, 0.717) is 17.4 Å². The number of hydrogen-bond acceptors (Lipinski definition) is 6. The summed E-state index contributed by atoms with van der Waals surface area (Å²) in [5.74, 6) is -0.796. The first-order valence-corrected chi connectivity index (χ1v) is 11.0. The van der Waals surface area contributed by atoms with E-state index < -0.39 is 17.2 Å². The van der Waals surface area contributed by atoms with E-state index in [9.17, 15) is 18.7 Å². The van der Waals surface area contributed by atoms with Gasteiger partial charge in [0.2, 0.25) is 0 Å². The van der Waals surface area contributed by atoms with Crippen LogP contribution in [0.15, 0.2) is 85.5 Å². The van der Waals surface area contributed by atoms with Crippen LogP contribution in [0.4, 0.5) is 8.78 Å². The Morgan fingerprint density at radius 2 is 1.78 bits per heavy atom. The maximum absolute atomic E-state index is 14.5. The summed E-state index contributed by atoms with van der Waals surface area (Å²) < 4.78 is 40.1. The lowest BCUT2D eigenvalue weighted by Gasteiger charge is -2.29. The summed E-state index contributed by atoms with van der Waals surface area (Å²) in [6, 6.07) is 16.5. The Morgan fingerprint density at radius 1 is 1.06 bits per heavy atom. The first-order valence-electron chi connectivity index (χ1n) is 11.0. The number of ketones is 1. The van der Waals surface area contributed by atoms with Crippen LogP contribution in [0.5, 0.6) is 11.5 Å². The number of methoxy groups -OCH3 is 1. The Kier molecular flexibility index (Phi) is 7.50. The summed E-state index contributed by atoms with van der Waals surface area (Å²) in [6.07, 6.45) is 5.81. The molecule has 0 fully saturated rings. The number of nitrogens with zero attached hydrogens (tertiary/aromatic N) is 3. The molecule has 0 aliphatic carbocycles. The second kappa shape index (κ2) is 10.9. The molecule has 7 nitrogen and oxygen atoms in total. The summed E-state index contributed by atoms with van der Waals surface area (Å²) in [7, 11) is 1.58. The highest BCUT2D eigenvalue weighted by Crippen LogP contribution is 2.28. The number of aliphatic hydroxyl groups is 1. The molecule has 4 aromatic rings. The van der Waals surface area contributed by atoms with Crippen molar-refractivity contribution in [2.75, 3.05) is 13.7 Å². The predicted octanol–water partition coefficient (Wildman–Crippen LogP) is 4.43. The molecule has 3 aromatic carbocycles. The van der Waals surface area contributed by atoms with E-state index >= 15 is 0 Å². The number of halogens is 2. The summed E-state index contributed by atoms with van der Waals surface area (Å²) in [5, 5.41) is 15.2. The van der Waals surface area contributed by atoms with E-state index in [1.165, 1.54) is 29.5 Å². The van der Waals surface area contributed by atoms with Gasteiger partial charge in [-0.15, -0.1) is 0 Å². The fraction of sp³-hybridized carbons (Fsp3) is 0.148. The maximum atomic E-state index is 14.5. The van der Waals surface area contributed by atoms with Crippen LogP contribution in [0.2, 0.25) is 0 Å². The molecule has 0 radical (unpaired) electrons. The Labute approximate surface area is 206 Å². The number of aromatic nitrogens is 3. The molecule has 9 heteroatoms. The number of allylic oxidation sites excluding steroid dienone is 1. The van der Waals surface area contributed by atoms with Gasteiger partial charge in [-0.25, -0.2) is 18.4 Å². The largest absolute Gasteiger partial charge is 0.497 e. The Bertz CT molecular complexity index is 1340. The molecular formula is C27H23F2N3O4. The van der Waals surface area contributed by atoms with Crippen molar-refractivity contribution in [3.05, 3.63) is 114 Å². The molecule has 36 heavy (non-hydrogen) atoms. The minimum atomic E-state index is -1.87. The van der Waals surface area contributed by atoms with Crippen molar-refractivity contribution >= 4 is 11.9 Å². The molecule has 1 heterocycles. The second-order valence-electron chi connectivity index (χ2n) is 8.03. The van der Waals surface area contributed by atoms with E-state index in [-0.39, 0.29) is 24.5 Å². The number of hydrogen-bond donors (Lipinski definition) is 1. The van der Waals surface area contributed by atoms with Gasteiger partial charge in [0, 0.05) is 17.2 Å². The molecule has 0 aliphatic rings. The topological polar surface area (TPSA) is 86.5 Å². The normalized spacial score (nSPS) is 12.9. The lowest BCUT2D eigenvalue weighted by atomic mass is 9.94. The van der Waals surface area contributed by atoms with Crippen LogP contribution in [-0.4, -0.2) is 39.4 Å². The molecular weight excluding hydrogens is 468 g/mol. The van der Waals surface area contributed by atoms with E-state index in [1.54, 1.807) is 49.6 Å². The average Bonchev–Trinajstić information content (AvgIpc) is 3.39. The third kappa shape index (κ3) is 6.00. The quantitative estimate of drug-likeness (QED) is 0.261. The average molecular weight is 491 g/mol. The minimum Gasteiger partial charge on any atom is -0.497 e. The monoisotopic (exact) mass is 491 g/mol. The van der Waals surface area contributed by atoms with Crippen molar-refractivity contribution in [1.82, 2.24) is 14.8 Å². The van der Waals surface area contributed by atoms with Gasteiger partial charge in [-0.3, -0.25) is 4.79 Å². The van der Waals surface area contributed by atoms with E-state index in [0.717, 1.165) is 17.4 Å². The Balaban J connectivity index is 1.45. The summed E-state index contributed by atoms with van der Waals surface area (Å²) >= 11 is 0. The van der Waals surface area contributed by atoms with Gasteiger partial charge in [0.25, 0.3) is 0 Å². The number of carbonyl (C=O) groups excluding carboxylic acids is 1. The second-order valence-corrected chi connectivity index (χ2v) is 8.03. The smallest absolute Gasteiger partial charge is 0.185 e. The van der Waals surface area contributed by atoms with Crippen LogP contribution in [0.3, 0.4) is 0 Å². The van der Waals surface area contributed by atoms with Crippen LogP contribution in [0.25, 0.3) is 6.08 Å². The van der Waals surface area contributed by atoms with Crippen LogP contribution in [0.1, 0.15) is 21.5 Å². The SMILES string of the molecule is COc1ccc(/C=C/C(=O)c2ccc(OC[C@@](O)(Cn3cncn3)c3ccc(F)cc3F)cc2)cc1. The van der Waals surface area contributed by atoms with Gasteiger partial charge in [-0.05, 0) is 54.1 Å². The summed E-state index contributed by atoms with van der Waals surface area (Å²) in [4.78, 5) is 16.3. The van der Waals surface area contributed by atoms with Crippen molar-refractivity contribution in [3.8, 4) is 11.5 Å². The highest BCUT2D eigenvalue weighted by Gasteiger charge is 2.34. The maximum Gasteiger partial charge on any atom is 0.185 e. The molecule has 0 spiro atoms. The molecule has 0 aliphatic heterocycles. The number of carbonyl (C=O) groups is 1. The van der Waals surface area contributed by atoms with Crippen LogP contribution in [-0.2, 0) is 12.1 Å². The summed E-state index contributed by atoms with van der Waals surface area (Å²) in [6.45, 7) is -0.539. The zero-order valence-electron chi connectivity index (χ0n) is 19.3. The molecule has 0 bridgehead atoms. The Morgan fingerprint density at radius 3 is 2.42 bits per heavy atom. The van der Waals surface area contributed by atoms with Gasteiger partial charge in [-0.2, -0.15) is 5.10 Å². The third-order valence-electron chi connectivity index (χ3n) is 5.48. The zero-order valence-corrected chi connectivity index (χ0v) is 19.3. The van der Waals surface area contributed by atoms with Crippen molar-refractivity contribution in [3.63, 3.8) is 0 Å². The molecule has 1 atom stereocenters. The van der Waals surface area contributed by atoms with Gasteiger partial charge in [-0.1, -0.05) is 24.3 Å². The van der Waals surface area contributed by atoms with Crippen molar-refractivity contribution < 1.29 is 28.2 Å². The van der Waals surface area contributed by atoms with Crippen LogP contribution < -0.4 is 9.47 Å². The highest BCUT2D eigenvalue weighted by molar-refractivity contribution is 6.06. The van der Waals surface area contributed by atoms with Crippen molar-refractivity contribution in [2.45, 2.75) is 12.1 Å². The molecule has 0 unspecified atom stereocenters. The number of rotatable bonds is 10. The molecule has 184 valence electrons. The zero-order chi connectivity index (χ0) is 25.5. The van der Waals surface area contributed by atoms with E-state index in [4.69, 9.17) is 9.47 Å². The first-order chi connectivity index (χ1) is 17.4. The third-order valence-corrected chi connectivity index (χ3v) is 5.48. The fourth-order valence-corrected chi connectivity index (χ4v) is 3.56. The van der Waals surface area contributed by atoms with Crippen LogP contribution >= 0.6 is 0 Å². The number of benzene rings is 3. The molecule has 0 amide bonds. The van der Waals surface area contributed by atoms with Gasteiger partial charge in [0.1, 0.15) is 48.0 Å². The first kappa shape index (κ1) is 24.7. The molecule has 1 N–H and O–H groups in total. The molecule has 0 saturated carbocycles. The number of ether oxygens (including phenoxy) is 2. The van der Waals surface area contributed by atoms with Gasteiger partial charge >= 0.3 is 0 Å². The summed E-state index contributed by atoms with van der Waals surface area (Å²) in [5.41, 5.74) is -0.727. The predicted molar refractivity (Wildman–Crippen MR) is 129 cm³/mol. The fourth-order valence-electron chi connectivity index (χ4n) is 3.56. The molecule has 4 rings (SSSR count). The lowest BCUT2D eigenvalue weighted by Crippen LogP contribution is -2.39. The minimum absolute atomic E-state index is 0.144. The Hall–Kier alpha value is -4.37. The van der Waals surface area contributed by atoms with Gasteiger partial charge in [0.15, 0.2) is 5.78 Å². The molecule has 1 aromatic heterocycles. The van der Waals surface area contributed by atoms with Gasteiger partial charge in [0.05, 0.1) is 13.7 Å². The van der Waals surface area contributed by atoms with Gasteiger partial charge < -0.3 is 14.6 Å². The standard InChI is InChI=1S/C27H23F2N3O4/c1-35-22-8-2-19(3-9-22)4-13-26(33)20-5-10-23(11-6-20)36-16-27(34,15-32-18-30-17-31-32)24-12-7-21(28)14-25(24)29/h2-14,17-18,34H,15-16H2,1H3/b13-4+/t27-/m0/s1. The van der Waals surface area contributed by atoms with E-state index in [2.05, 4.69) is 10.1 Å². The van der Waals surface area contributed by atoms with E-state index in [1.807, 2.05) is 12.1 Å². The van der Waals surface area contributed by atoms with Crippen molar-refractivity contribution in [2.24, 2.45) is 0 Å². The van der Waals surface area contributed by atoms with Crippen LogP contribution in [0, 0.1) is 11.6 Å². The highest BCUT2D eigenvalue weighted by atomic mass is 19.1. The molecule has 0 saturated heterocycles. The van der Waals surface area contributed by atoms with Crippen molar-refractivity contribution in [1.29, 1.82) is 0 Å². The lowest BCUT2D eigenvalue weighted by molar-refractivity contribution is -0.0297.